The van der Waals surface area contributed by atoms with Crippen LogP contribution in [0, 0.1) is 0 Å². The third-order valence-electron chi connectivity index (χ3n) is 2.00. The lowest BCUT2D eigenvalue weighted by molar-refractivity contribution is -0.137. The lowest BCUT2D eigenvalue weighted by Crippen LogP contribution is -2.18. The number of hydrogen-bond donors (Lipinski definition) is 1. The van der Waals surface area contributed by atoms with E-state index < -0.39 is 21.6 Å². The van der Waals surface area contributed by atoms with Crippen molar-refractivity contribution in [3.8, 4) is 0 Å². The molecule has 0 aliphatic heterocycles. The Balaban J connectivity index is 2.66. The molecule has 0 fully saturated rings. The Morgan fingerprint density at radius 3 is 2.65 bits per heavy atom. The molecule has 0 bridgehead atoms. The lowest BCUT2D eigenvalue weighted by atomic mass is 10.4. The zero-order valence-electron chi connectivity index (χ0n) is 9.73. The second kappa shape index (κ2) is 5.83. The highest BCUT2D eigenvalue weighted by molar-refractivity contribution is 7.91. The van der Waals surface area contributed by atoms with Gasteiger partial charge in [0.2, 0.25) is 0 Å². The van der Waals surface area contributed by atoms with E-state index in [1.807, 2.05) is 0 Å². The quantitative estimate of drug-likeness (QED) is 0.730. The first-order chi connectivity index (χ1) is 7.96. The SMILES string of the molecule is CNCc1ccc(CS(=O)(=O)CC(=O)OC)o1. The van der Waals surface area contributed by atoms with Crippen molar-refractivity contribution in [2.24, 2.45) is 0 Å². The van der Waals surface area contributed by atoms with Crippen LogP contribution in [0.4, 0.5) is 0 Å². The van der Waals surface area contributed by atoms with Gasteiger partial charge in [0.1, 0.15) is 23.0 Å². The molecule has 0 spiro atoms. The number of rotatable bonds is 6. The van der Waals surface area contributed by atoms with E-state index in [9.17, 15) is 13.2 Å². The van der Waals surface area contributed by atoms with Crippen molar-refractivity contribution in [2.75, 3.05) is 19.9 Å². The molecule has 0 amide bonds. The summed E-state index contributed by atoms with van der Waals surface area (Å²) >= 11 is 0. The van der Waals surface area contributed by atoms with Crippen LogP contribution in [-0.4, -0.2) is 34.3 Å². The summed E-state index contributed by atoms with van der Waals surface area (Å²) in [5.74, 6) is -0.737. The highest BCUT2D eigenvalue weighted by Crippen LogP contribution is 2.12. The molecule has 0 aromatic carbocycles. The average molecular weight is 261 g/mol. The van der Waals surface area contributed by atoms with Gasteiger partial charge in [-0.1, -0.05) is 0 Å². The van der Waals surface area contributed by atoms with Crippen LogP contribution in [0.15, 0.2) is 16.5 Å². The molecule has 1 aromatic rings. The maximum atomic E-state index is 11.6. The van der Waals surface area contributed by atoms with Crippen molar-refractivity contribution in [3.05, 3.63) is 23.7 Å². The van der Waals surface area contributed by atoms with Gasteiger partial charge in [0.25, 0.3) is 0 Å². The number of esters is 1. The first kappa shape index (κ1) is 13.7. The van der Waals surface area contributed by atoms with Crippen LogP contribution >= 0.6 is 0 Å². The monoisotopic (exact) mass is 261 g/mol. The van der Waals surface area contributed by atoms with Crippen LogP contribution in [0.25, 0.3) is 0 Å². The molecule has 0 aliphatic carbocycles. The fourth-order valence-electron chi connectivity index (χ4n) is 1.28. The van der Waals surface area contributed by atoms with Crippen molar-refractivity contribution in [1.82, 2.24) is 5.32 Å². The number of furan rings is 1. The Morgan fingerprint density at radius 1 is 1.41 bits per heavy atom. The molecular formula is C10H15NO5S. The molecule has 1 rings (SSSR count). The van der Waals surface area contributed by atoms with E-state index in [1.165, 1.54) is 0 Å². The number of ether oxygens (including phenoxy) is 1. The molecule has 6 nitrogen and oxygen atoms in total. The van der Waals surface area contributed by atoms with Crippen molar-refractivity contribution in [2.45, 2.75) is 12.3 Å². The standard InChI is InChI=1S/C10H15NO5S/c1-11-5-8-3-4-9(16-8)6-17(13,14)7-10(12)15-2/h3-4,11H,5-7H2,1-2H3. The number of carbonyl (C=O) groups is 1. The summed E-state index contributed by atoms with van der Waals surface area (Å²) in [6.07, 6.45) is 0. The van der Waals surface area contributed by atoms with Gasteiger partial charge in [-0.2, -0.15) is 0 Å². The van der Waals surface area contributed by atoms with Gasteiger partial charge in [-0.25, -0.2) is 8.42 Å². The van der Waals surface area contributed by atoms with Crippen molar-refractivity contribution in [1.29, 1.82) is 0 Å². The Labute approximate surface area is 99.9 Å². The first-order valence-corrected chi connectivity index (χ1v) is 6.78. The first-order valence-electron chi connectivity index (χ1n) is 4.96. The number of carbonyl (C=O) groups excluding carboxylic acids is 1. The van der Waals surface area contributed by atoms with Gasteiger partial charge in [-0.15, -0.1) is 0 Å². The normalized spacial score (nSPS) is 11.4. The fraction of sp³-hybridized carbons (Fsp3) is 0.500. The van der Waals surface area contributed by atoms with Crippen molar-refractivity contribution >= 4 is 15.8 Å². The van der Waals surface area contributed by atoms with Crippen molar-refractivity contribution in [3.63, 3.8) is 0 Å². The Bertz CT molecular complexity index is 477. The van der Waals surface area contributed by atoms with Crippen LogP contribution in [0.1, 0.15) is 11.5 Å². The van der Waals surface area contributed by atoms with Gasteiger partial charge in [0, 0.05) is 0 Å². The molecule has 0 unspecified atom stereocenters. The van der Waals surface area contributed by atoms with Crippen LogP contribution in [0.2, 0.25) is 0 Å². The van der Waals surface area contributed by atoms with E-state index in [0.29, 0.717) is 18.1 Å². The topological polar surface area (TPSA) is 85.6 Å². The largest absolute Gasteiger partial charge is 0.468 e. The minimum absolute atomic E-state index is 0.300. The number of sulfone groups is 1. The predicted molar refractivity (Wildman–Crippen MR) is 61.0 cm³/mol. The number of methoxy groups -OCH3 is 1. The molecule has 1 aromatic heterocycles. The molecule has 0 atom stereocenters. The average Bonchev–Trinajstić information content (AvgIpc) is 2.64. The minimum atomic E-state index is -3.54. The summed E-state index contributed by atoms with van der Waals surface area (Å²) in [6.45, 7) is 0.525. The Hall–Kier alpha value is -1.34. The van der Waals surface area contributed by atoms with Gasteiger partial charge < -0.3 is 14.5 Å². The fourth-order valence-corrected chi connectivity index (χ4v) is 2.44. The van der Waals surface area contributed by atoms with E-state index in [1.54, 1.807) is 19.2 Å². The molecule has 0 aliphatic rings. The molecule has 0 saturated heterocycles. The third-order valence-corrected chi connectivity index (χ3v) is 3.40. The predicted octanol–water partition coefficient (Wildman–Crippen LogP) is 0.0868. The van der Waals surface area contributed by atoms with E-state index in [2.05, 4.69) is 10.1 Å². The maximum Gasteiger partial charge on any atom is 0.320 e. The van der Waals surface area contributed by atoms with Crippen LogP contribution in [-0.2, 0) is 31.7 Å². The molecular weight excluding hydrogens is 246 g/mol. The molecule has 1 N–H and O–H groups in total. The zero-order valence-corrected chi connectivity index (χ0v) is 10.5. The summed E-state index contributed by atoms with van der Waals surface area (Å²) in [5.41, 5.74) is 0. The highest BCUT2D eigenvalue weighted by atomic mass is 32.2. The summed E-state index contributed by atoms with van der Waals surface area (Å²) in [5, 5.41) is 2.88. The molecule has 96 valence electrons. The van der Waals surface area contributed by atoms with Gasteiger partial charge in [-0.05, 0) is 19.2 Å². The third kappa shape index (κ3) is 4.58. The van der Waals surface area contributed by atoms with E-state index in [4.69, 9.17) is 4.42 Å². The summed E-state index contributed by atoms with van der Waals surface area (Å²) in [6, 6.07) is 3.28. The molecule has 0 radical (unpaired) electrons. The second-order valence-corrected chi connectivity index (χ2v) is 5.57. The van der Waals surface area contributed by atoms with Crippen LogP contribution in [0.3, 0.4) is 0 Å². The second-order valence-electron chi connectivity index (χ2n) is 3.51. The molecule has 17 heavy (non-hydrogen) atoms. The Kier molecular flexibility index (Phi) is 4.71. The Morgan fingerprint density at radius 2 is 2.06 bits per heavy atom. The summed E-state index contributed by atoms with van der Waals surface area (Å²) in [4.78, 5) is 10.9. The van der Waals surface area contributed by atoms with E-state index in [-0.39, 0.29) is 5.75 Å². The van der Waals surface area contributed by atoms with Gasteiger partial charge in [0.15, 0.2) is 9.84 Å². The zero-order chi connectivity index (χ0) is 12.9. The van der Waals surface area contributed by atoms with Crippen molar-refractivity contribution < 1.29 is 22.4 Å². The maximum absolute atomic E-state index is 11.6. The summed E-state index contributed by atoms with van der Waals surface area (Å²) in [7, 11) is -0.628. The number of hydrogen-bond acceptors (Lipinski definition) is 6. The smallest absolute Gasteiger partial charge is 0.320 e. The van der Waals surface area contributed by atoms with Gasteiger partial charge in [-0.3, -0.25) is 4.79 Å². The lowest BCUT2D eigenvalue weighted by Gasteiger charge is -2.01. The minimum Gasteiger partial charge on any atom is -0.468 e. The molecule has 7 heteroatoms. The highest BCUT2D eigenvalue weighted by Gasteiger charge is 2.19. The van der Waals surface area contributed by atoms with Gasteiger partial charge >= 0.3 is 5.97 Å². The van der Waals surface area contributed by atoms with Crippen LogP contribution in [0.5, 0.6) is 0 Å². The van der Waals surface area contributed by atoms with Gasteiger partial charge in [0.05, 0.1) is 13.7 Å². The molecule has 1 heterocycles. The van der Waals surface area contributed by atoms with E-state index in [0.717, 1.165) is 7.11 Å². The van der Waals surface area contributed by atoms with Crippen LogP contribution < -0.4 is 5.32 Å². The summed E-state index contributed by atoms with van der Waals surface area (Å²) < 4.78 is 32.7. The number of nitrogens with one attached hydrogen (secondary N) is 1. The van der Waals surface area contributed by atoms with E-state index >= 15 is 0 Å². The molecule has 0 saturated carbocycles.